The monoisotopic (exact) mass is 421 g/mol. The molecular formula is C22H16ClN3O2S. The number of thiol groups is 1. The highest BCUT2D eigenvalue weighted by molar-refractivity contribution is 7.80. The summed E-state index contributed by atoms with van der Waals surface area (Å²) < 4.78 is 1.50. The van der Waals surface area contributed by atoms with Gasteiger partial charge in [-0.3, -0.25) is 14.2 Å². The zero-order valence-electron chi connectivity index (χ0n) is 15.2. The number of amides is 1. The third-order valence-electron chi connectivity index (χ3n) is 4.50. The minimum atomic E-state index is -0.493. The largest absolute Gasteiger partial charge is 0.321 e. The van der Waals surface area contributed by atoms with E-state index >= 15 is 0 Å². The quantitative estimate of drug-likeness (QED) is 0.472. The number of hydrogen-bond acceptors (Lipinski definition) is 4. The molecule has 0 saturated heterocycles. The van der Waals surface area contributed by atoms with Gasteiger partial charge in [0.05, 0.1) is 12.2 Å². The lowest BCUT2D eigenvalue weighted by atomic mass is 10.1. The Kier molecular flexibility index (Phi) is 5.38. The summed E-state index contributed by atoms with van der Waals surface area (Å²) in [5.41, 5.74) is 1.55. The molecule has 5 nitrogen and oxygen atoms in total. The average molecular weight is 422 g/mol. The summed E-state index contributed by atoms with van der Waals surface area (Å²) in [6.45, 7) is 0.272. The predicted octanol–water partition coefficient (Wildman–Crippen LogP) is 4.64. The number of carbonyl (C=O) groups is 1. The topological polar surface area (TPSA) is 64.0 Å². The van der Waals surface area contributed by atoms with Crippen LogP contribution < -0.4 is 10.9 Å². The van der Waals surface area contributed by atoms with Gasteiger partial charge in [-0.1, -0.05) is 35.9 Å². The van der Waals surface area contributed by atoms with Crippen molar-refractivity contribution in [2.45, 2.75) is 11.4 Å². The van der Waals surface area contributed by atoms with E-state index in [-0.39, 0.29) is 12.1 Å². The molecule has 4 aromatic rings. The molecule has 0 aliphatic carbocycles. The summed E-state index contributed by atoms with van der Waals surface area (Å²) in [6, 6.07) is 19.5. The van der Waals surface area contributed by atoms with Gasteiger partial charge in [-0.25, -0.2) is 4.98 Å². The number of aromatic nitrogens is 2. The van der Waals surface area contributed by atoms with Crippen molar-refractivity contribution in [3.05, 3.63) is 99.4 Å². The van der Waals surface area contributed by atoms with E-state index in [9.17, 15) is 9.59 Å². The molecule has 1 N–H and O–H groups in total. The minimum Gasteiger partial charge on any atom is -0.321 e. The second-order valence-electron chi connectivity index (χ2n) is 6.46. The second-order valence-corrected chi connectivity index (χ2v) is 7.38. The van der Waals surface area contributed by atoms with Gasteiger partial charge in [0.15, 0.2) is 0 Å². The molecule has 0 aliphatic heterocycles. The van der Waals surface area contributed by atoms with Gasteiger partial charge < -0.3 is 5.32 Å². The molecule has 0 bridgehead atoms. The fourth-order valence-corrected chi connectivity index (χ4v) is 3.40. The fraction of sp³-hybridized carbons (Fsp3) is 0.0455. The van der Waals surface area contributed by atoms with Crippen molar-refractivity contribution < 1.29 is 4.79 Å². The number of hydrogen-bond donors (Lipinski definition) is 2. The first-order valence-corrected chi connectivity index (χ1v) is 9.68. The minimum absolute atomic E-state index is 0.0380. The lowest BCUT2D eigenvalue weighted by molar-refractivity contribution is 0.102. The van der Waals surface area contributed by atoms with Crippen LogP contribution in [0.15, 0.2) is 82.6 Å². The summed E-state index contributed by atoms with van der Waals surface area (Å²) in [5.74, 6) is -0.493. The maximum absolute atomic E-state index is 13.2. The molecule has 144 valence electrons. The number of carbonyl (C=O) groups excluding carboxylic acids is 1. The summed E-state index contributed by atoms with van der Waals surface area (Å²) in [6.07, 6.45) is 1.62. The average Bonchev–Trinajstić information content (AvgIpc) is 2.73. The van der Waals surface area contributed by atoms with E-state index < -0.39 is 11.5 Å². The van der Waals surface area contributed by atoms with Crippen LogP contribution in [0.4, 0.5) is 5.69 Å². The van der Waals surface area contributed by atoms with E-state index in [4.69, 9.17) is 11.6 Å². The van der Waals surface area contributed by atoms with Gasteiger partial charge in [0.1, 0.15) is 11.2 Å². The lowest BCUT2D eigenvalue weighted by Gasteiger charge is -2.13. The Bertz CT molecular complexity index is 1270. The number of anilines is 1. The van der Waals surface area contributed by atoms with E-state index in [0.717, 1.165) is 5.56 Å². The number of halogens is 1. The van der Waals surface area contributed by atoms with E-state index in [2.05, 4.69) is 22.9 Å². The summed E-state index contributed by atoms with van der Waals surface area (Å²) in [4.78, 5) is 31.0. The lowest BCUT2D eigenvalue weighted by Crippen LogP contribution is -2.30. The van der Waals surface area contributed by atoms with Crippen LogP contribution in [0.25, 0.3) is 11.0 Å². The third kappa shape index (κ3) is 4.04. The highest BCUT2D eigenvalue weighted by atomic mass is 35.5. The van der Waals surface area contributed by atoms with Crippen molar-refractivity contribution in [2.24, 2.45) is 0 Å². The standard InChI is InChI=1S/C22H16ClN3O2S/c23-16-9-7-14(8-10-16)13-26-20-15(4-3-11-24-20)12-17(22(26)28)21(27)25-18-5-1-2-6-19(18)29/h1-12,29H,13H2,(H,25,27). The molecule has 0 aliphatic rings. The summed E-state index contributed by atoms with van der Waals surface area (Å²) in [7, 11) is 0. The van der Waals surface area contributed by atoms with Gasteiger partial charge in [-0.2, -0.15) is 0 Å². The molecule has 7 heteroatoms. The van der Waals surface area contributed by atoms with Gasteiger partial charge in [-0.15, -0.1) is 12.6 Å². The molecule has 0 radical (unpaired) electrons. The molecule has 4 rings (SSSR count). The van der Waals surface area contributed by atoms with Crippen LogP contribution in [-0.2, 0) is 6.54 Å². The third-order valence-corrected chi connectivity index (χ3v) is 5.14. The number of nitrogens with one attached hydrogen (secondary N) is 1. The zero-order valence-corrected chi connectivity index (χ0v) is 16.8. The fourth-order valence-electron chi connectivity index (χ4n) is 3.06. The van der Waals surface area contributed by atoms with Crippen molar-refractivity contribution in [2.75, 3.05) is 5.32 Å². The molecule has 2 aromatic heterocycles. The van der Waals surface area contributed by atoms with E-state index in [1.54, 1.807) is 48.7 Å². The SMILES string of the molecule is O=C(Nc1ccccc1S)c1cc2cccnc2n(Cc2ccc(Cl)cc2)c1=O. The van der Waals surface area contributed by atoms with Crippen LogP contribution in [-0.4, -0.2) is 15.5 Å². The van der Waals surface area contributed by atoms with E-state index in [1.807, 2.05) is 24.3 Å². The molecular weight excluding hydrogens is 406 g/mol. The van der Waals surface area contributed by atoms with Crippen LogP contribution >= 0.6 is 24.2 Å². The van der Waals surface area contributed by atoms with Gasteiger partial charge in [0, 0.05) is 21.5 Å². The van der Waals surface area contributed by atoms with Gasteiger partial charge in [-0.05, 0) is 48.0 Å². The number of benzene rings is 2. The maximum Gasteiger partial charge on any atom is 0.265 e. The van der Waals surface area contributed by atoms with Crippen molar-refractivity contribution in [1.29, 1.82) is 0 Å². The molecule has 0 fully saturated rings. The number of nitrogens with zero attached hydrogens (tertiary/aromatic N) is 2. The van der Waals surface area contributed by atoms with Crippen molar-refractivity contribution in [3.8, 4) is 0 Å². The van der Waals surface area contributed by atoms with Gasteiger partial charge in [0.25, 0.3) is 11.5 Å². The molecule has 0 saturated carbocycles. The Balaban J connectivity index is 1.80. The van der Waals surface area contributed by atoms with Crippen LogP contribution in [0.3, 0.4) is 0 Å². The zero-order chi connectivity index (χ0) is 20.4. The van der Waals surface area contributed by atoms with Crippen molar-refractivity contribution in [3.63, 3.8) is 0 Å². The number of para-hydroxylation sites is 1. The number of pyridine rings is 2. The highest BCUT2D eigenvalue weighted by Crippen LogP contribution is 2.20. The molecule has 2 heterocycles. The van der Waals surface area contributed by atoms with Gasteiger partial charge >= 0.3 is 0 Å². The predicted molar refractivity (Wildman–Crippen MR) is 118 cm³/mol. The first-order valence-electron chi connectivity index (χ1n) is 8.85. The van der Waals surface area contributed by atoms with E-state index in [0.29, 0.717) is 26.6 Å². The van der Waals surface area contributed by atoms with Crippen LogP contribution in [0.2, 0.25) is 5.02 Å². The molecule has 29 heavy (non-hydrogen) atoms. The smallest absolute Gasteiger partial charge is 0.265 e. The number of rotatable bonds is 4. The molecule has 2 aromatic carbocycles. The molecule has 0 atom stereocenters. The van der Waals surface area contributed by atoms with Crippen LogP contribution in [0.1, 0.15) is 15.9 Å². The Morgan fingerprint density at radius 1 is 1.07 bits per heavy atom. The first kappa shape index (κ1) is 19.2. The maximum atomic E-state index is 13.2. The Labute approximate surface area is 177 Å². The van der Waals surface area contributed by atoms with Gasteiger partial charge in [0.2, 0.25) is 0 Å². The molecule has 0 unspecified atom stereocenters. The van der Waals surface area contributed by atoms with E-state index in [1.165, 1.54) is 4.57 Å². The number of fused-ring (bicyclic) bond motifs is 1. The van der Waals surface area contributed by atoms with Crippen molar-refractivity contribution in [1.82, 2.24) is 9.55 Å². The van der Waals surface area contributed by atoms with Crippen LogP contribution in [0.5, 0.6) is 0 Å². The Morgan fingerprint density at radius 2 is 1.83 bits per heavy atom. The molecule has 1 amide bonds. The van der Waals surface area contributed by atoms with Crippen molar-refractivity contribution >= 4 is 46.9 Å². The second kappa shape index (κ2) is 8.11. The highest BCUT2D eigenvalue weighted by Gasteiger charge is 2.17. The van der Waals surface area contributed by atoms with Crippen LogP contribution in [0, 0.1) is 0 Å². The summed E-state index contributed by atoms with van der Waals surface area (Å²) in [5, 5.41) is 4.08. The normalized spacial score (nSPS) is 10.8. The first-order chi connectivity index (χ1) is 14.0. The Morgan fingerprint density at radius 3 is 2.59 bits per heavy atom. The summed E-state index contributed by atoms with van der Waals surface area (Å²) >= 11 is 10.3. The molecule has 0 spiro atoms. The Hall–Kier alpha value is -3.09.